The molecule has 0 heterocycles. The topological polar surface area (TPSA) is 29.1 Å². The van der Waals surface area contributed by atoms with E-state index in [9.17, 15) is 4.79 Å². The van der Waals surface area contributed by atoms with Gasteiger partial charge < -0.3 is 5.32 Å². The highest BCUT2D eigenvalue weighted by molar-refractivity contribution is 6.27. The molecular weight excluding hydrogens is 210 g/mol. The minimum absolute atomic E-state index is 0.0265. The highest BCUT2D eigenvalue weighted by atomic mass is 35.5. The molecule has 0 aromatic heterocycles. The quantitative estimate of drug-likeness (QED) is 0.744. The van der Waals surface area contributed by atoms with E-state index in [2.05, 4.69) is 26.1 Å². The standard InChI is InChI=1S/C12H22ClNO/c1-8(2)10-5-4-9(3)6-11(10)14-12(15)7-13/h8-11H,4-7H2,1-3H3,(H,14,15). The van der Waals surface area contributed by atoms with Crippen molar-refractivity contribution < 1.29 is 4.79 Å². The third kappa shape index (κ3) is 3.67. The molecule has 0 spiro atoms. The maximum absolute atomic E-state index is 11.3. The summed E-state index contributed by atoms with van der Waals surface area (Å²) in [6.45, 7) is 6.73. The number of nitrogens with one attached hydrogen (secondary N) is 1. The molecule has 1 aliphatic rings. The van der Waals surface area contributed by atoms with Gasteiger partial charge in [0.05, 0.1) is 0 Å². The van der Waals surface area contributed by atoms with Crippen LogP contribution in [0.3, 0.4) is 0 Å². The molecule has 0 aromatic carbocycles. The molecule has 1 saturated carbocycles. The maximum atomic E-state index is 11.3. The van der Waals surface area contributed by atoms with Gasteiger partial charge in [0.15, 0.2) is 0 Å². The number of hydrogen-bond donors (Lipinski definition) is 1. The van der Waals surface area contributed by atoms with Gasteiger partial charge >= 0.3 is 0 Å². The first-order valence-electron chi connectivity index (χ1n) is 5.90. The van der Waals surface area contributed by atoms with E-state index in [1.165, 1.54) is 12.8 Å². The predicted octanol–water partition coefficient (Wildman–Crippen LogP) is 2.80. The largest absolute Gasteiger partial charge is 0.352 e. The number of amides is 1. The smallest absolute Gasteiger partial charge is 0.235 e. The molecule has 2 nitrogen and oxygen atoms in total. The van der Waals surface area contributed by atoms with E-state index in [-0.39, 0.29) is 11.8 Å². The van der Waals surface area contributed by atoms with Crippen molar-refractivity contribution in [1.82, 2.24) is 5.32 Å². The van der Waals surface area contributed by atoms with Gasteiger partial charge in [0.25, 0.3) is 0 Å². The molecule has 1 rings (SSSR count). The number of halogens is 1. The second-order valence-electron chi connectivity index (χ2n) is 5.13. The third-order valence-corrected chi connectivity index (χ3v) is 3.73. The van der Waals surface area contributed by atoms with Crippen LogP contribution < -0.4 is 5.32 Å². The molecule has 3 heteroatoms. The summed E-state index contributed by atoms with van der Waals surface area (Å²) in [6.07, 6.45) is 3.62. The van der Waals surface area contributed by atoms with Crippen LogP contribution in [0.2, 0.25) is 0 Å². The summed E-state index contributed by atoms with van der Waals surface area (Å²) < 4.78 is 0. The second kappa shape index (κ2) is 5.74. The molecule has 1 fully saturated rings. The highest BCUT2D eigenvalue weighted by Gasteiger charge is 2.31. The van der Waals surface area contributed by atoms with Crippen molar-refractivity contribution in [3.63, 3.8) is 0 Å². The molecule has 1 N–H and O–H groups in total. The van der Waals surface area contributed by atoms with Gasteiger partial charge in [-0.3, -0.25) is 4.79 Å². The van der Waals surface area contributed by atoms with Gasteiger partial charge in [-0.2, -0.15) is 0 Å². The van der Waals surface area contributed by atoms with Crippen LogP contribution in [-0.4, -0.2) is 17.8 Å². The molecule has 15 heavy (non-hydrogen) atoms. The average Bonchev–Trinajstić information content (AvgIpc) is 2.17. The van der Waals surface area contributed by atoms with E-state index >= 15 is 0 Å². The van der Waals surface area contributed by atoms with E-state index < -0.39 is 0 Å². The number of carbonyl (C=O) groups is 1. The summed E-state index contributed by atoms with van der Waals surface area (Å²) in [5.41, 5.74) is 0. The summed E-state index contributed by atoms with van der Waals surface area (Å²) >= 11 is 5.52. The number of carbonyl (C=O) groups excluding carboxylic acids is 1. The van der Waals surface area contributed by atoms with E-state index in [1.807, 2.05) is 0 Å². The fraction of sp³-hybridized carbons (Fsp3) is 0.917. The van der Waals surface area contributed by atoms with Crippen molar-refractivity contribution >= 4 is 17.5 Å². The average molecular weight is 232 g/mol. The van der Waals surface area contributed by atoms with Gasteiger partial charge in [-0.05, 0) is 30.6 Å². The first-order valence-corrected chi connectivity index (χ1v) is 6.43. The maximum Gasteiger partial charge on any atom is 0.235 e. The summed E-state index contributed by atoms with van der Waals surface area (Å²) in [5.74, 6) is 2.03. The van der Waals surface area contributed by atoms with Gasteiger partial charge in [0.1, 0.15) is 5.88 Å². The fourth-order valence-electron chi connectivity index (χ4n) is 2.61. The minimum atomic E-state index is -0.0265. The Morgan fingerprint density at radius 3 is 2.67 bits per heavy atom. The van der Waals surface area contributed by atoms with E-state index in [0.717, 1.165) is 12.3 Å². The number of hydrogen-bond acceptors (Lipinski definition) is 1. The van der Waals surface area contributed by atoms with Crippen LogP contribution in [0.15, 0.2) is 0 Å². The molecule has 88 valence electrons. The molecule has 0 radical (unpaired) electrons. The Morgan fingerprint density at radius 2 is 2.13 bits per heavy atom. The van der Waals surface area contributed by atoms with Crippen molar-refractivity contribution in [2.45, 2.75) is 46.1 Å². The summed E-state index contributed by atoms with van der Waals surface area (Å²) in [5, 5.41) is 3.06. The SMILES string of the molecule is CC1CCC(C(C)C)C(NC(=O)CCl)C1. The van der Waals surface area contributed by atoms with Crippen LogP contribution in [0.5, 0.6) is 0 Å². The van der Waals surface area contributed by atoms with E-state index in [0.29, 0.717) is 17.9 Å². The van der Waals surface area contributed by atoms with Crippen molar-refractivity contribution in [2.75, 3.05) is 5.88 Å². The Kier molecular flexibility index (Phi) is 4.91. The lowest BCUT2D eigenvalue weighted by Crippen LogP contribution is -2.46. The van der Waals surface area contributed by atoms with Crippen LogP contribution in [0.4, 0.5) is 0 Å². The summed E-state index contributed by atoms with van der Waals surface area (Å²) in [7, 11) is 0. The molecule has 3 unspecified atom stereocenters. The lowest BCUT2D eigenvalue weighted by molar-refractivity contribution is -0.120. The van der Waals surface area contributed by atoms with Crippen molar-refractivity contribution in [3.05, 3.63) is 0 Å². The Labute approximate surface area is 97.8 Å². The summed E-state index contributed by atoms with van der Waals surface area (Å²) in [6, 6.07) is 0.333. The van der Waals surface area contributed by atoms with Crippen LogP contribution >= 0.6 is 11.6 Å². The first kappa shape index (κ1) is 12.8. The van der Waals surface area contributed by atoms with Crippen LogP contribution in [0.1, 0.15) is 40.0 Å². The zero-order valence-electron chi connectivity index (χ0n) is 9.92. The van der Waals surface area contributed by atoms with Crippen LogP contribution in [-0.2, 0) is 4.79 Å². The number of alkyl halides is 1. The second-order valence-corrected chi connectivity index (χ2v) is 5.40. The third-order valence-electron chi connectivity index (χ3n) is 3.49. The monoisotopic (exact) mass is 231 g/mol. The first-order chi connectivity index (χ1) is 7.04. The lowest BCUT2D eigenvalue weighted by Gasteiger charge is -2.37. The summed E-state index contributed by atoms with van der Waals surface area (Å²) in [4.78, 5) is 11.3. The van der Waals surface area contributed by atoms with Gasteiger partial charge in [-0.1, -0.05) is 27.2 Å². The van der Waals surface area contributed by atoms with Gasteiger partial charge in [-0.25, -0.2) is 0 Å². The van der Waals surface area contributed by atoms with E-state index in [4.69, 9.17) is 11.6 Å². The highest BCUT2D eigenvalue weighted by Crippen LogP contribution is 2.33. The Balaban J connectivity index is 2.57. The predicted molar refractivity (Wildman–Crippen MR) is 64.0 cm³/mol. The Hall–Kier alpha value is -0.240. The number of rotatable bonds is 3. The molecule has 0 aliphatic heterocycles. The molecule has 1 amide bonds. The fourth-order valence-corrected chi connectivity index (χ4v) is 2.69. The molecule has 0 saturated heterocycles. The Morgan fingerprint density at radius 1 is 1.47 bits per heavy atom. The molecule has 3 atom stereocenters. The van der Waals surface area contributed by atoms with Gasteiger partial charge in [-0.15, -0.1) is 11.6 Å². The van der Waals surface area contributed by atoms with Gasteiger partial charge in [0, 0.05) is 6.04 Å². The van der Waals surface area contributed by atoms with E-state index in [1.54, 1.807) is 0 Å². The normalized spacial score (nSPS) is 31.7. The zero-order valence-corrected chi connectivity index (χ0v) is 10.7. The van der Waals surface area contributed by atoms with Gasteiger partial charge in [0.2, 0.25) is 5.91 Å². The zero-order chi connectivity index (χ0) is 11.4. The van der Waals surface area contributed by atoms with Crippen molar-refractivity contribution in [2.24, 2.45) is 17.8 Å². The minimum Gasteiger partial charge on any atom is -0.352 e. The molecule has 1 aliphatic carbocycles. The Bertz CT molecular complexity index is 218. The van der Waals surface area contributed by atoms with Crippen molar-refractivity contribution in [3.8, 4) is 0 Å². The van der Waals surface area contributed by atoms with Crippen LogP contribution in [0.25, 0.3) is 0 Å². The lowest BCUT2D eigenvalue weighted by atomic mass is 9.74. The molecular formula is C12H22ClNO. The van der Waals surface area contributed by atoms with Crippen molar-refractivity contribution in [1.29, 1.82) is 0 Å². The van der Waals surface area contributed by atoms with Crippen LogP contribution in [0, 0.1) is 17.8 Å². The molecule has 0 bridgehead atoms. The molecule has 0 aromatic rings.